The summed E-state index contributed by atoms with van der Waals surface area (Å²) in [6.45, 7) is 1.76. The van der Waals surface area contributed by atoms with Crippen molar-refractivity contribution in [1.29, 1.82) is 0 Å². The SMILES string of the molecule is O=C(Cn1c(=O)[nH]c2ccccc21)N1CCCCCC1. The number of imidazole rings is 1. The summed E-state index contributed by atoms with van der Waals surface area (Å²) in [6, 6.07) is 7.47. The van der Waals surface area contributed by atoms with Crippen LogP contribution in [-0.2, 0) is 11.3 Å². The van der Waals surface area contributed by atoms with Gasteiger partial charge in [-0.2, -0.15) is 0 Å². The van der Waals surface area contributed by atoms with Crippen molar-refractivity contribution in [3.8, 4) is 0 Å². The molecule has 1 fully saturated rings. The van der Waals surface area contributed by atoms with Crippen molar-refractivity contribution in [1.82, 2.24) is 14.5 Å². The number of benzene rings is 1. The van der Waals surface area contributed by atoms with Crippen LogP contribution in [0, 0.1) is 0 Å². The van der Waals surface area contributed by atoms with Gasteiger partial charge in [0.1, 0.15) is 6.54 Å². The summed E-state index contributed by atoms with van der Waals surface area (Å²) in [4.78, 5) is 29.0. The van der Waals surface area contributed by atoms with Crippen molar-refractivity contribution in [2.45, 2.75) is 32.2 Å². The van der Waals surface area contributed by atoms with Gasteiger partial charge in [0, 0.05) is 13.1 Å². The lowest BCUT2D eigenvalue weighted by Crippen LogP contribution is -2.36. The van der Waals surface area contributed by atoms with Crippen LogP contribution in [0.15, 0.2) is 29.1 Å². The van der Waals surface area contributed by atoms with Gasteiger partial charge in [-0.3, -0.25) is 9.36 Å². The number of nitrogens with zero attached hydrogens (tertiary/aromatic N) is 2. The Morgan fingerprint density at radius 2 is 1.80 bits per heavy atom. The minimum Gasteiger partial charge on any atom is -0.341 e. The third-order valence-electron chi connectivity index (χ3n) is 3.93. The molecule has 1 aromatic carbocycles. The number of fused-ring (bicyclic) bond motifs is 1. The minimum absolute atomic E-state index is 0.0405. The smallest absolute Gasteiger partial charge is 0.326 e. The van der Waals surface area contributed by atoms with E-state index in [1.807, 2.05) is 29.2 Å². The Morgan fingerprint density at radius 3 is 2.55 bits per heavy atom. The number of rotatable bonds is 2. The average Bonchev–Trinajstić information content (AvgIpc) is 2.66. The highest BCUT2D eigenvalue weighted by molar-refractivity contribution is 5.80. The molecule has 106 valence electrons. The molecule has 1 aromatic heterocycles. The second-order valence-corrected chi connectivity index (χ2v) is 5.33. The van der Waals surface area contributed by atoms with Crippen molar-refractivity contribution in [2.24, 2.45) is 0 Å². The molecule has 1 aliphatic heterocycles. The van der Waals surface area contributed by atoms with Gasteiger partial charge in [0.05, 0.1) is 11.0 Å². The molecule has 1 amide bonds. The Balaban J connectivity index is 1.83. The highest BCUT2D eigenvalue weighted by Crippen LogP contribution is 2.12. The Hall–Kier alpha value is -2.04. The fourth-order valence-corrected chi connectivity index (χ4v) is 2.82. The average molecular weight is 273 g/mol. The molecule has 5 nitrogen and oxygen atoms in total. The highest BCUT2D eigenvalue weighted by atomic mass is 16.2. The van der Waals surface area contributed by atoms with E-state index in [-0.39, 0.29) is 18.1 Å². The molecule has 5 heteroatoms. The number of hydrogen-bond donors (Lipinski definition) is 1. The van der Waals surface area contributed by atoms with Crippen LogP contribution in [0.2, 0.25) is 0 Å². The summed E-state index contributed by atoms with van der Waals surface area (Å²) in [6.07, 6.45) is 4.51. The summed E-state index contributed by atoms with van der Waals surface area (Å²) in [5, 5.41) is 0. The van der Waals surface area contributed by atoms with Gasteiger partial charge < -0.3 is 9.88 Å². The minimum atomic E-state index is -0.214. The molecule has 0 saturated carbocycles. The number of carbonyl (C=O) groups is 1. The molecule has 3 rings (SSSR count). The van der Waals surface area contributed by atoms with Crippen LogP contribution in [0.4, 0.5) is 0 Å². The first-order chi connectivity index (χ1) is 9.75. The van der Waals surface area contributed by atoms with Crippen LogP contribution in [-0.4, -0.2) is 33.4 Å². The van der Waals surface area contributed by atoms with Gasteiger partial charge in [-0.05, 0) is 25.0 Å². The number of para-hydroxylation sites is 2. The number of hydrogen-bond acceptors (Lipinski definition) is 2. The first kappa shape index (κ1) is 13.0. The van der Waals surface area contributed by atoms with Gasteiger partial charge in [-0.25, -0.2) is 4.79 Å². The lowest BCUT2D eigenvalue weighted by atomic mass is 10.2. The zero-order valence-corrected chi connectivity index (χ0v) is 11.5. The van der Waals surface area contributed by atoms with Gasteiger partial charge in [-0.15, -0.1) is 0 Å². The maximum atomic E-state index is 12.4. The van der Waals surface area contributed by atoms with Crippen LogP contribution in [0.1, 0.15) is 25.7 Å². The molecular formula is C15H19N3O2. The van der Waals surface area contributed by atoms with E-state index < -0.39 is 0 Å². The fourth-order valence-electron chi connectivity index (χ4n) is 2.82. The number of nitrogens with one attached hydrogen (secondary N) is 1. The number of carbonyl (C=O) groups excluding carboxylic acids is 1. The normalized spacial score (nSPS) is 16.3. The third kappa shape index (κ3) is 2.48. The van der Waals surface area contributed by atoms with Crippen LogP contribution in [0.3, 0.4) is 0 Å². The van der Waals surface area contributed by atoms with E-state index in [2.05, 4.69) is 4.98 Å². The molecule has 0 radical (unpaired) electrons. The second kappa shape index (κ2) is 5.53. The van der Waals surface area contributed by atoms with Gasteiger partial charge in [0.25, 0.3) is 0 Å². The second-order valence-electron chi connectivity index (χ2n) is 5.33. The largest absolute Gasteiger partial charge is 0.341 e. The van der Waals surface area contributed by atoms with E-state index in [0.29, 0.717) is 0 Å². The lowest BCUT2D eigenvalue weighted by molar-refractivity contribution is -0.131. The van der Waals surface area contributed by atoms with Crippen molar-refractivity contribution in [2.75, 3.05) is 13.1 Å². The maximum absolute atomic E-state index is 12.4. The van der Waals surface area contributed by atoms with Gasteiger partial charge in [0.15, 0.2) is 0 Å². The van der Waals surface area contributed by atoms with Crippen molar-refractivity contribution in [3.63, 3.8) is 0 Å². The van der Waals surface area contributed by atoms with Crippen LogP contribution in [0.5, 0.6) is 0 Å². The van der Waals surface area contributed by atoms with Crippen molar-refractivity contribution in [3.05, 3.63) is 34.7 Å². The molecular weight excluding hydrogens is 254 g/mol. The third-order valence-corrected chi connectivity index (χ3v) is 3.93. The number of aromatic nitrogens is 2. The van der Waals surface area contributed by atoms with E-state index in [0.717, 1.165) is 37.0 Å². The molecule has 1 N–H and O–H groups in total. The van der Waals surface area contributed by atoms with Gasteiger partial charge >= 0.3 is 5.69 Å². The van der Waals surface area contributed by atoms with Crippen molar-refractivity contribution < 1.29 is 4.79 Å². The van der Waals surface area contributed by atoms with E-state index in [1.165, 1.54) is 17.4 Å². The molecule has 0 spiro atoms. The molecule has 20 heavy (non-hydrogen) atoms. The number of likely N-dealkylation sites (tertiary alicyclic amines) is 1. The fraction of sp³-hybridized carbons (Fsp3) is 0.467. The molecule has 2 aromatic rings. The Kier molecular flexibility index (Phi) is 3.58. The maximum Gasteiger partial charge on any atom is 0.326 e. The van der Waals surface area contributed by atoms with Gasteiger partial charge in [0.2, 0.25) is 5.91 Å². The summed E-state index contributed by atoms with van der Waals surface area (Å²) >= 11 is 0. The molecule has 1 aliphatic rings. The first-order valence-electron chi connectivity index (χ1n) is 7.21. The molecule has 0 unspecified atom stereocenters. The summed E-state index contributed by atoms with van der Waals surface area (Å²) in [7, 11) is 0. The monoisotopic (exact) mass is 273 g/mol. The predicted octanol–water partition coefficient (Wildman–Crippen LogP) is 1.73. The number of amides is 1. The number of H-pyrrole nitrogens is 1. The topological polar surface area (TPSA) is 58.1 Å². The van der Waals surface area contributed by atoms with Crippen LogP contribution < -0.4 is 5.69 Å². The Bertz CT molecular complexity index is 663. The standard InChI is InChI=1S/C15H19N3O2/c19-14(17-9-5-1-2-6-10-17)11-18-13-8-4-3-7-12(13)16-15(18)20/h3-4,7-8H,1-2,5-6,9-11H2,(H,16,20). The molecule has 2 heterocycles. The summed E-state index contributed by atoms with van der Waals surface area (Å²) in [5.41, 5.74) is 1.36. The molecule has 0 aliphatic carbocycles. The van der Waals surface area contributed by atoms with E-state index in [1.54, 1.807) is 0 Å². The van der Waals surface area contributed by atoms with E-state index in [9.17, 15) is 9.59 Å². The van der Waals surface area contributed by atoms with Crippen molar-refractivity contribution >= 4 is 16.9 Å². The van der Waals surface area contributed by atoms with Gasteiger partial charge in [-0.1, -0.05) is 25.0 Å². The van der Waals surface area contributed by atoms with Crippen LogP contribution in [0.25, 0.3) is 11.0 Å². The summed E-state index contributed by atoms with van der Waals surface area (Å²) in [5.74, 6) is 0.0405. The molecule has 0 atom stereocenters. The molecule has 1 saturated heterocycles. The quantitative estimate of drug-likeness (QED) is 0.906. The lowest BCUT2D eigenvalue weighted by Gasteiger charge is -2.20. The van der Waals surface area contributed by atoms with E-state index in [4.69, 9.17) is 0 Å². The van der Waals surface area contributed by atoms with E-state index >= 15 is 0 Å². The zero-order chi connectivity index (χ0) is 13.9. The Labute approximate surface area is 117 Å². The predicted molar refractivity (Wildman–Crippen MR) is 77.6 cm³/mol. The molecule has 0 bridgehead atoms. The number of aromatic amines is 1. The Morgan fingerprint density at radius 1 is 1.10 bits per heavy atom. The first-order valence-corrected chi connectivity index (χ1v) is 7.21. The zero-order valence-electron chi connectivity index (χ0n) is 11.5. The highest BCUT2D eigenvalue weighted by Gasteiger charge is 2.17. The summed E-state index contributed by atoms with van der Waals surface area (Å²) < 4.78 is 1.53. The van der Waals surface area contributed by atoms with Crippen LogP contribution >= 0.6 is 0 Å².